The molecule has 0 radical (unpaired) electrons. The molecule has 128 valence electrons. The van der Waals surface area contributed by atoms with Crippen molar-refractivity contribution >= 4 is 32.7 Å². The third kappa shape index (κ3) is 3.61. The molecule has 0 bridgehead atoms. The number of ether oxygens (including phenoxy) is 3. The van der Waals surface area contributed by atoms with Crippen molar-refractivity contribution < 1.29 is 19.0 Å². The number of hydrogen-bond acceptors (Lipinski definition) is 4. The van der Waals surface area contributed by atoms with Gasteiger partial charge in [-0.3, -0.25) is 0 Å². The molecule has 0 spiro atoms. The van der Waals surface area contributed by atoms with E-state index in [4.69, 9.17) is 14.2 Å². The molecule has 0 atom stereocenters. The van der Waals surface area contributed by atoms with Gasteiger partial charge in [-0.25, -0.2) is 4.79 Å². The van der Waals surface area contributed by atoms with Crippen molar-refractivity contribution in [3.63, 3.8) is 0 Å². The quantitative estimate of drug-likeness (QED) is 0.448. The van der Waals surface area contributed by atoms with Gasteiger partial charge in [-0.2, -0.15) is 0 Å². The molecule has 4 nitrogen and oxygen atoms in total. The van der Waals surface area contributed by atoms with Crippen LogP contribution in [0.5, 0.6) is 17.2 Å². The highest BCUT2D eigenvalue weighted by atomic mass is 79.9. The van der Waals surface area contributed by atoms with E-state index in [1.165, 1.54) is 0 Å². The summed E-state index contributed by atoms with van der Waals surface area (Å²) in [5.41, 5.74) is 1.20. The molecule has 3 aromatic carbocycles. The number of halogens is 1. The van der Waals surface area contributed by atoms with Crippen LogP contribution in [0.4, 0.5) is 0 Å². The van der Waals surface area contributed by atoms with Crippen LogP contribution >= 0.6 is 15.9 Å². The van der Waals surface area contributed by atoms with Crippen LogP contribution in [0.2, 0.25) is 0 Å². The lowest BCUT2D eigenvalue weighted by atomic mass is 10.1. The van der Waals surface area contributed by atoms with Crippen LogP contribution in [0.25, 0.3) is 10.8 Å². The van der Waals surface area contributed by atoms with Gasteiger partial charge in [-0.15, -0.1) is 0 Å². The second kappa shape index (κ2) is 7.15. The largest absolute Gasteiger partial charge is 0.496 e. The first-order valence-electron chi connectivity index (χ1n) is 7.66. The van der Waals surface area contributed by atoms with Gasteiger partial charge < -0.3 is 14.2 Å². The molecule has 0 fully saturated rings. The van der Waals surface area contributed by atoms with E-state index in [9.17, 15) is 4.79 Å². The van der Waals surface area contributed by atoms with E-state index in [-0.39, 0.29) is 0 Å². The molecule has 5 heteroatoms. The zero-order valence-electron chi connectivity index (χ0n) is 14.1. The van der Waals surface area contributed by atoms with Gasteiger partial charge in [0.2, 0.25) is 0 Å². The van der Waals surface area contributed by atoms with Crippen molar-refractivity contribution in [1.82, 2.24) is 0 Å². The Morgan fingerprint density at radius 2 is 1.48 bits per heavy atom. The van der Waals surface area contributed by atoms with Crippen LogP contribution in [0.1, 0.15) is 15.9 Å². The summed E-state index contributed by atoms with van der Waals surface area (Å²) < 4.78 is 17.1. The normalized spacial score (nSPS) is 10.6. The number of fused-ring (bicyclic) bond motifs is 1. The maximum Gasteiger partial charge on any atom is 0.343 e. The molecule has 25 heavy (non-hydrogen) atoms. The predicted octanol–water partition coefficient (Wildman–Crippen LogP) is 5.15. The Balaban J connectivity index is 1.90. The second-order valence-electron chi connectivity index (χ2n) is 5.55. The zero-order valence-corrected chi connectivity index (χ0v) is 15.7. The molecule has 0 saturated heterocycles. The van der Waals surface area contributed by atoms with Crippen molar-refractivity contribution in [3.05, 3.63) is 64.1 Å². The number of carbonyl (C=O) groups is 1. The fourth-order valence-corrected chi connectivity index (χ4v) is 3.01. The molecule has 3 rings (SSSR count). The minimum absolute atomic E-state index is 0.371. The first-order chi connectivity index (χ1) is 12.0. The molecule has 0 aliphatic rings. The van der Waals surface area contributed by atoms with Crippen LogP contribution < -0.4 is 14.2 Å². The van der Waals surface area contributed by atoms with Crippen LogP contribution in [0, 0.1) is 6.92 Å². The highest BCUT2D eigenvalue weighted by molar-refractivity contribution is 9.10. The summed E-state index contributed by atoms with van der Waals surface area (Å²) in [5.74, 6) is 1.18. The van der Waals surface area contributed by atoms with Gasteiger partial charge in [0, 0.05) is 10.0 Å². The van der Waals surface area contributed by atoms with Gasteiger partial charge in [0.25, 0.3) is 0 Å². The smallest absolute Gasteiger partial charge is 0.343 e. The fraction of sp³-hybridized carbons (Fsp3) is 0.150. The third-order valence-corrected chi connectivity index (χ3v) is 4.47. The van der Waals surface area contributed by atoms with E-state index >= 15 is 0 Å². The van der Waals surface area contributed by atoms with Crippen LogP contribution in [0.3, 0.4) is 0 Å². The minimum atomic E-state index is -0.465. The SMILES string of the molecule is COc1cc(C(=O)Oc2ccc3cc(Br)ccc3c2)cc(OC)c1C. The van der Waals surface area contributed by atoms with Crippen LogP contribution in [-0.2, 0) is 0 Å². The third-order valence-electron chi connectivity index (χ3n) is 3.97. The van der Waals surface area contributed by atoms with E-state index < -0.39 is 5.97 Å². The monoisotopic (exact) mass is 400 g/mol. The summed E-state index contributed by atoms with van der Waals surface area (Å²) in [6.45, 7) is 1.87. The topological polar surface area (TPSA) is 44.8 Å². The predicted molar refractivity (Wildman–Crippen MR) is 101 cm³/mol. The second-order valence-corrected chi connectivity index (χ2v) is 6.46. The molecule has 0 saturated carbocycles. The molecule has 0 aliphatic carbocycles. The van der Waals surface area contributed by atoms with Crippen molar-refractivity contribution in [1.29, 1.82) is 0 Å². The standard InChI is InChI=1S/C20H17BrO4/c1-12-18(23-2)10-15(11-19(12)24-3)20(22)25-17-7-5-13-8-16(21)6-4-14(13)9-17/h4-11H,1-3H3. The van der Waals surface area contributed by atoms with Gasteiger partial charge in [0.15, 0.2) is 0 Å². The van der Waals surface area contributed by atoms with Gasteiger partial charge >= 0.3 is 5.97 Å². The zero-order chi connectivity index (χ0) is 18.0. The Hall–Kier alpha value is -2.53. The van der Waals surface area contributed by atoms with Gasteiger partial charge in [-0.1, -0.05) is 28.1 Å². The first-order valence-corrected chi connectivity index (χ1v) is 8.45. The summed E-state index contributed by atoms with van der Waals surface area (Å²) in [6.07, 6.45) is 0. The lowest BCUT2D eigenvalue weighted by molar-refractivity contribution is 0.0734. The Bertz CT molecular complexity index is 925. The van der Waals surface area contributed by atoms with E-state index in [0.717, 1.165) is 20.8 Å². The lowest BCUT2D eigenvalue weighted by Gasteiger charge is -2.12. The molecule has 0 unspecified atom stereocenters. The molecule has 0 heterocycles. The number of hydrogen-bond donors (Lipinski definition) is 0. The Morgan fingerprint density at radius 1 is 0.880 bits per heavy atom. The van der Waals surface area contributed by atoms with Gasteiger partial charge in [0.05, 0.1) is 19.8 Å². The number of benzene rings is 3. The van der Waals surface area contributed by atoms with E-state index in [1.807, 2.05) is 37.3 Å². The van der Waals surface area contributed by atoms with Crippen molar-refractivity contribution in [2.75, 3.05) is 14.2 Å². The van der Waals surface area contributed by atoms with E-state index in [0.29, 0.717) is 22.8 Å². The Morgan fingerprint density at radius 3 is 2.12 bits per heavy atom. The van der Waals surface area contributed by atoms with Gasteiger partial charge in [0.1, 0.15) is 17.2 Å². The molecule has 0 aliphatic heterocycles. The number of rotatable bonds is 4. The molecule has 0 aromatic heterocycles. The van der Waals surface area contributed by atoms with Crippen LogP contribution in [0.15, 0.2) is 53.0 Å². The van der Waals surface area contributed by atoms with Crippen molar-refractivity contribution in [2.45, 2.75) is 6.92 Å². The Kier molecular flexibility index (Phi) is 4.95. The average Bonchev–Trinajstić information content (AvgIpc) is 2.62. The maximum absolute atomic E-state index is 12.5. The molecular weight excluding hydrogens is 384 g/mol. The van der Waals surface area contributed by atoms with Crippen molar-refractivity contribution in [2.24, 2.45) is 0 Å². The minimum Gasteiger partial charge on any atom is -0.496 e. The lowest BCUT2D eigenvalue weighted by Crippen LogP contribution is -2.09. The molecule has 0 amide bonds. The highest BCUT2D eigenvalue weighted by Crippen LogP contribution is 2.30. The average molecular weight is 401 g/mol. The van der Waals surface area contributed by atoms with E-state index in [1.54, 1.807) is 32.4 Å². The highest BCUT2D eigenvalue weighted by Gasteiger charge is 2.15. The summed E-state index contributed by atoms with van der Waals surface area (Å²) in [7, 11) is 3.11. The number of carbonyl (C=O) groups excluding carboxylic acids is 1. The van der Waals surface area contributed by atoms with Gasteiger partial charge in [-0.05, 0) is 54.1 Å². The summed E-state index contributed by atoms with van der Waals surface area (Å²) in [6, 6.07) is 14.8. The summed E-state index contributed by atoms with van der Waals surface area (Å²) >= 11 is 3.45. The number of esters is 1. The molecule has 3 aromatic rings. The Labute approximate surface area is 154 Å². The molecule has 0 N–H and O–H groups in total. The number of methoxy groups -OCH3 is 2. The first kappa shape index (κ1) is 17.3. The molecular formula is C20H17BrO4. The van der Waals surface area contributed by atoms with Crippen LogP contribution in [-0.4, -0.2) is 20.2 Å². The summed E-state index contributed by atoms with van der Waals surface area (Å²) in [5, 5.41) is 2.06. The summed E-state index contributed by atoms with van der Waals surface area (Å²) in [4.78, 5) is 12.5. The van der Waals surface area contributed by atoms with Crippen molar-refractivity contribution in [3.8, 4) is 17.2 Å². The fourth-order valence-electron chi connectivity index (χ4n) is 2.63. The van der Waals surface area contributed by atoms with E-state index in [2.05, 4.69) is 15.9 Å². The maximum atomic E-state index is 12.5.